The van der Waals surface area contributed by atoms with Crippen molar-refractivity contribution in [1.82, 2.24) is 10.2 Å². The molecule has 0 heterocycles. The number of rotatable bonds is 11. The maximum atomic E-state index is 13.0. The molecule has 162 valence electrons. The number of hydrogen-bond donors (Lipinski definition) is 1. The van der Waals surface area contributed by atoms with Crippen molar-refractivity contribution in [1.29, 1.82) is 0 Å². The normalized spacial score (nSPS) is 11.3. The number of nitrogens with zero attached hydrogens (tertiary/aromatic N) is 1. The van der Waals surface area contributed by atoms with Crippen LogP contribution in [0.25, 0.3) is 0 Å². The fourth-order valence-electron chi connectivity index (χ4n) is 3.04. The number of likely N-dealkylation sites (N-methyl/N-ethyl adjacent to an activating group) is 1. The van der Waals surface area contributed by atoms with E-state index in [-0.39, 0.29) is 18.4 Å². The van der Waals surface area contributed by atoms with Crippen LogP contribution in [0, 0.1) is 0 Å². The first kappa shape index (κ1) is 23.1. The third-order valence-electron chi connectivity index (χ3n) is 4.67. The highest BCUT2D eigenvalue weighted by molar-refractivity contribution is 5.88. The zero-order valence-electron chi connectivity index (χ0n) is 18.0. The molecule has 1 atom stereocenters. The Bertz CT molecular complexity index is 805. The van der Waals surface area contributed by atoms with Crippen LogP contribution >= 0.6 is 0 Å². The summed E-state index contributed by atoms with van der Waals surface area (Å²) in [6.07, 6.45) is 0.496. The van der Waals surface area contributed by atoms with Crippen LogP contribution in [0.2, 0.25) is 0 Å². The molecule has 0 radical (unpaired) electrons. The second kappa shape index (κ2) is 11.7. The van der Waals surface area contributed by atoms with Crippen molar-refractivity contribution in [3.63, 3.8) is 0 Å². The van der Waals surface area contributed by atoms with Crippen molar-refractivity contribution in [3.8, 4) is 17.2 Å². The summed E-state index contributed by atoms with van der Waals surface area (Å²) >= 11 is 0. The van der Waals surface area contributed by atoms with Crippen molar-refractivity contribution >= 4 is 11.8 Å². The largest absolute Gasteiger partial charge is 0.497 e. The van der Waals surface area contributed by atoms with Gasteiger partial charge in [0.2, 0.25) is 5.91 Å². The van der Waals surface area contributed by atoms with Gasteiger partial charge in [-0.3, -0.25) is 9.59 Å². The summed E-state index contributed by atoms with van der Waals surface area (Å²) in [7, 11) is 3.19. The van der Waals surface area contributed by atoms with Crippen LogP contribution in [-0.4, -0.2) is 50.1 Å². The first-order valence-electron chi connectivity index (χ1n) is 9.99. The molecule has 0 aliphatic carbocycles. The van der Waals surface area contributed by atoms with Crippen LogP contribution in [-0.2, 0) is 16.1 Å². The number of carbonyl (C=O) groups excluding carboxylic acids is 2. The number of amides is 2. The maximum Gasteiger partial charge on any atom is 0.261 e. The Kier molecular flexibility index (Phi) is 9.00. The monoisotopic (exact) mass is 414 g/mol. The minimum Gasteiger partial charge on any atom is -0.497 e. The molecule has 0 bridgehead atoms. The Morgan fingerprint density at radius 2 is 1.43 bits per heavy atom. The van der Waals surface area contributed by atoms with E-state index in [9.17, 15) is 9.59 Å². The van der Waals surface area contributed by atoms with E-state index in [1.54, 1.807) is 43.4 Å². The van der Waals surface area contributed by atoms with Crippen LogP contribution in [0.4, 0.5) is 0 Å². The van der Waals surface area contributed by atoms with Crippen molar-refractivity contribution in [2.24, 2.45) is 0 Å². The van der Waals surface area contributed by atoms with Gasteiger partial charge in [-0.05, 0) is 55.3 Å². The van der Waals surface area contributed by atoms with E-state index in [1.807, 2.05) is 38.1 Å². The maximum absolute atomic E-state index is 13.0. The number of methoxy groups -OCH3 is 2. The molecule has 0 aliphatic rings. The molecule has 1 unspecified atom stereocenters. The molecule has 7 heteroatoms. The molecule has 0 saturated heterocycles. The van der Waals surface area contributed by atoms with Crippen molar-refractivity contribution < 1.29 is 23.8 Å². The van der Waals surface area contributed by atoms with Crippen molar-refractivity contribution in [2.75, 3.05) is 27.4 Å². The van der Waals surface area contributed by atoms with E-state index in [0.717, 1.165) is 11.3 Å². The second-order valence-corrected chi connectivity index (χ2v) is 6.65. The topological polar surface area (TPSA) is 77.1 Å². The quantitative estimate of drug-likeness (QED) is 0.612. The molecule has 2 aromatic rings. The van der Waals surface area contributed by atoms with Crippen LogP contribution in [0.3, 0.4) is 0 Å². The average Bonchev–Trinajstić information content (AvgIpc) is 2.78. The molecule has 2 amide bonds. The fraction of sp³-hybridized carbons (Fsp3) is 0.391. The SMILES string of the molecule is CCNC(=O)C(CC)N(Cc1ccc(OC)cc1)C(=O)COc1ccc(OC)cc1. The zero-order valence-corrected chi connectivity index (χ0v) is 18.0. The van der Waals surface area contributed by atoms with Gasteiger partial charge >= 0.3 is 0 Å². The molecular weight excluding hydrogens is 384 g/mol. The minimum atomic E-state index is -0.584. The number of carbonyl (C=O) groups is 2. The highest BCUT2D eigenvalue weighted by Gasteiger charge is 2.28. The molecular formula is C23H30N2O5. The highest BCUT2D eigenvalue weighted by atomic mass is 16.5. The number of nitrogens with one attached hydrogen (secondary N) is 1. The van der Waals surface area contributed by atoms with Gasteiger partial charge in [0, 0.05) is 13.1 Å². The molecule has 7 nitrogen and oxygen atoms in total. The smallest absolute Gasteiger partial charge is 0.261 e. The average molecular weight is 415 g/mol. The lowest BCUT2D eigenvalue weighted by atomic mass is 10.1. The van der Waals surface area contributed by atoms with Gasteiger partial charge in [0.15, 0.2) is 6.61 Å². The van der Waals surface area contributed by atoms with E-state index in [1.165, 1.54) is 0 Å². The van der Waals surface area contributed by atoms with Gasteiger partial charge in [-0.2, -0.15) is 0 Å². The molecule has 1 N–H and O–H groups in total. The van der Waals surface area contributed by atoms with Crippen LogP contribution in [0.1, 0.15) is 25.8 Å². The minimum absolute atomic E-state index is 0.168. The summed E-state index contributed by atoms with van der Waals surface area (Å²) in [5.74, 6) is 1.55. The number of hydrogen-bond acceptors (Lipinski definition) is 5. The highest BCUT2D eigenvalue weighted by Crippen LogP contribution is 2.19. The van der Waals surface area contributed by atoms with Crippen LogP contribution in [0.5, 0.6) is 17.2 Å². The Balaban J connectivity index is 2.16. The van der Waals surface area contributed by atoms with Gasteiger partial charge in [0.25, 0.3) is 5.91 Å². The first-order valence-corrected chi connectivity index (χ1v) is 9.99. The Morgan fingerprint density at radius 1 is 0.900 bits per heavy atom. The molecule has 0 spiro atoms. The van der Waals surface area contributed by atoms with Crippen molar-refractivity contribution in [2.45, 2.75) is 32.9 Å². The number of benzene rings is 2. The second-order valence-electron chi connectivity index (χ2n) is 6.65. The number of ether oxygens (including phenoxy) is 3. The summed E-state index contributed by atoms with van der Waals surface area (Å²) in [6, 6.07) is 13.8. The van der Waals surface area contributed by atoms with Crippen LogP contribution < -0.4 is 19.5 Å². The lowest BCUT2D eigenvalue weighted by molar-refractivity contribution is -0.142. The summed E-state index contributed by atoms with van der Waals surface area (Å²) in [5.41, 5.74) is 0.899. The van der Waals surface area contributed by atoms with Crippen molar-refractivity contribution in [3.05, 3.63) is 54.1 Å². The lowest BCUT2D eigenvalue weighted by Crippen LogP contribution is -2.50. The molecule has 2 aromatic carbocycles. The summed E-state index contributed by atoms with van der Waals surface area (Å²) in [4.78, 5) is 27.2. The van der Waals surface area contributed by atoms with Gasteiger partial charge in [0.1, 0.15) is 23.3 Å². The van der Waals surface area contributed by atoms with E-state index >= 15 is 0 Å². The van der Waals surface area contributed by atoms with Gasteiger partial charge in [0.05, 0.1) is 14.2 Å². The molecule has 30 heavy (non-hydrogen) atoms. The van der Waals surface area contributed by atoms with E-state index in [4.69, 9.17) is 14.2 Å². The lowest BCUT2D eigenvalue weighted by Gasteiger charge is -2.30. The van der Waals surface area contributed by atoms with E-state index < -0.39 is 6.04 Å². The molecule has 2 rings (SSSR count). The zero-order chi connectivity index (χ0) is 21.9. The van der Waals surface area contributed by atoms with Gasteiger partial charge in [-0.1, -0.05) is 19.1 Å². The molecule has 0 fully saturated rings. The standard InChI is InChI=1S/C23H30N2O5/c1-5-21(23(27)24-6-2)25(15-17-7-9-18(28-3)10-8-17)22(26)16-30-20-13-11-19(29-4)12-14-20/h7-14,21H,5-6,15-16H2,1-4H3,(H,24,27). The summed E-state index contributed by atoms with van der Waals surface area (Å²) in [5, 5.41) is 2.81. The fourth-order valence-corrected chi connectivity index (χ4v) is 3.04. The first-order chi connectivity index (χ1) is 14.5. The Labute approximate surface area is 177 Å². The van der Waals surface area contributed by atoms with Gasteiger partial charge in [-0.25, -0.2) is 0 Å². The van der Waals surface area contributed by atoms with Gasteiger partial charge < -0.3 is 24.4 Å². The van der Waals surface area contributed by atoms with E-state index in [2.05, 4.69) is 5.32 Å². The van der Waals surface area contributed by atoms with E-state index in [0.29, 0.717) is 31.0 Å². The summed E-state index contributed by atoms with van der Waals surface area (Å²) in [6.45, 7) is 4.37. The third-order valence-corrected chi connectivity index (χ3v) is 4.67. The predicted molar refractivity (Wildman–Crippen MR) is 115 cm³/mol. The molecule has 0 aliphatic heterocycles. The Hall–Kier alpha value is -3.22. The predicted octanol–water partition coefficient (Wildman–Crippen LogP) is 3.03. The Morgan fingerprint density at radius 3 is 1.93 bits per heavy atom. The third kappa shape index (κ3) is 6.40. The molecule has 0 aromatic heterocycles. The summed E-state index contributed by atoms with van der Waals surface area (Å²) < 4.78 is 16.0. The molecule has 0 saturated carbocycles. The van der Waals surface area contributed by atoms with Crippen LogP contribution in [0.15, 0.2) is 48.5 Å². The van der Waals surface area contributed by atoms with Gasteiger partial charge in [-0.15, -0.1) is 0 Å².